The summed E-state index contributed by atoms with van der Waals surface area (Å²) in [7, 11) is -3.22. The van der Waals surface area contributed by atoms with Gasteiger partial charge in [0.25, 0.3) is 0 Å². The molecular formula is C24H24N2O3S. The summed E-state index contributed by atoms with van der Waals surface area (Å²) >= 11 is 0. The molecule has 1 aliphatic rings. The van der Waals surface area contributed by atoms with E-state index >= 15 is 0 Å². The highest BCUT2D eigenvalue weighted by Gasteiger charge is 2.24. The number of nitrogens with zero attached hydrogens (tertiary/aromatic N) is 1. The van der Waals surface area contributed by atoms with E-state index in [0.717, 1.165) is 33.5 Å². The maximum atomic E-state index is 12.6. The van der Waals surface area contributed by atoms with E-state index in [-0.39, 0.29) is 12.3 Å². The Kier molecular flexibility index (Phi) is 5.70. The average molecular weight is 421 g/mol. The Balaban J connectivity index is 1.44. The van der Waals surface area contributed by atoms with Gasteiger partial charge >= 0.3 is 0 Å². The minimum atomic E-state index is -3.22. The lowest BCUT2D eigenvalue weighted by Crippen LogP contribution is -2.35. The van der Waals surface area contributed by atoms with Crippen LogP contribution in [0.3, 0.4) is 0 Å². The van der Waals surface area contributed by atoms with Crippen LogP contribution in [0.25, 0.3) is 11.1 Å². The predicted octanol–water partition coefficient (Wildman–Crippen LogP) is 3.85. The van der Waals surface area contributed by atoms with Gasteiger partial charge in [0, 0.05) is 18.8 Å². The van der Waals surface area contributed by atoms with Crippen LogP contribution in [0.5, 0.6) is 0 Å². The van der Waals surface area contributed by atoms with Crippen molar-refractivity contribution >= 4 is 21.6 Å². The molecule has 154 valence electrons. The van der Waals surface area contributed by atoms with Gasteiger partial charge in [-0.3, -0.25) is 4.79 Å². The molecule has 0 radical (unpaired) electrons. The molecule has 0 unspecified atom stereocenters. The fraction of sp³-hybridized carbons (Fsp3) is 0.208. The van der Waals surface area contributed by atoms with Crippen LogP contribution in [0.4, 0.5) is 5.69 Å². The molecule has 0 bridgehead atoms. The minimum Gasteiger partial charge on any atom is -0.326 e. The van der Waals surface area contributed by atoms with Gasteiger partial charge in [-0.1, -0.05) is 66.7 Å². The van der Waals surface area contributed by atoms with Crippen molar-refractivity contribution in [1.29, 1.82) is 0 Å². The molecule has 1 amide bonds. The number of nitrogens with one attached hydrogen (secondary N) is 1. The Labute approximate surface area is 177 Å². The lowest BCUT2D eigenvalue weighted by atomic mass is 9.98. The van der Waals surface area contributed by atoms with E-state index in [0.29, 0.717) is 19.5 Å². The fourth-order valence-corrected chi connectivity index (χ4v) is 4.61. The van der Waals surface area contributed by atoms with Gasteiger partial charge in [-0.25, -0.2) is 8.42 Å². The molecule has 0 atom stereocenters. The quantitative estimate of drug-likeness (QED) is 0.682. The van der Waals surface area contributed by atoms with Crippen LogP contribution in [0, 0.1) is 0 Å². The monoisotopic (exact) mass is 420 g/mol. The molecular weight excluding hydrogens is 396 g/mol. The van der Waals surface area contributed by atoms with E-state index in [1.54, 1.807) is 0 Å². The Bertz CT molecular complexity index is 1160. The average Bonchev–Trinajstić information content (AvgIpc) is 2.74. The first-order valence-corrected chi connectivity index (χ1v) is 11.7. The third kappa shape index (κ3) is 4.61. The summed E-state index contributed by atoms with van der Waals surface area (Å²) in [6.07, 6.45) is 2.10. The molecule has 0 spiro atoms. The first kappa shape index (κ1) is 20.3. The lowest BCUT2D eigenvalue weighted by molar-refractivity contribution is -0.115. The van der Waals surface area contributed by atoms with Crippen LogP contribution in [0.15, 0.2) is 72.8 Å². The second-order valence-electron chi connectivity index (χ2n) is 7.58. The van der Waals surface area contributed by atoms with E-state index in [1.165, 1.54) is 10.6 Å². The van der Waals surface area contributed by atoms with Crippen molar-refractivity contribution in [2.75, 3.05) is 18.1 Å². The minimum absolute atomic E-state index is 0.0820. The second kappa shape index (κ2) is 8.42. The number of fused-ring (bicyclic) bond motifs is 1. The molecule has 0 aliphatic carbocycles. The SMILES string of the molecule is CS(=O)(=O)N1CCc2c(cccc2NC(=O)Cc2ccc(-c3ccccc3)cc2)C1. The Hall–Kier alpha value is -2.96. The smallest absolute Gasteiger partial charge is 0.228 e. The third-order valence-electron chi connectivity index (χ3n) is 5.40. The highest BCUT2D eigenvalue weighted by Crippen LogP contribution is 2.27. The van der Waals surface area contributed by atoms with E-state index in [4.69, 9.17) is 0 Å². The van der Waals surface area contributed by atoms with Crippen molar-refractivity contribution in [3.05, 3.63) is 89.5 Å². The molecule has 30 heavy (non-hydrogen) atoms. The molecule has 0 aromatic heterocycles. The van der Waals surface area contributed by atoms with Crippen LogP contribution in [0.2, 0.25) is 0 Å². The number of rotatable bonds is 5. The molecule has 0 saturated carbocycles. The van der Waals surface area contributed by atoms with Crippen molar-refractivity contribution in [2.45, 2.75) is 19.4 Å². The zero-order valence-electron chi connectivity index (χ0n) is 16.8. The number of carbonyl (C=O) groups is 1. The zero-order valence-corrected chi connectivity index (χ0v) is 17.7. The number of hydrogen-bond acceptors (Lipinski definition) is 3. The van der Waals surface area contributed by atoms with E-state index < -0.39 is 10.0 Å². The molecule has 1 heterocycles. The molecule has 4 rings (SSSR count). The van der Waals surface area contributed by atoms with Crippen LogP contribution in [-0.4, -0.2) is 31.4 Å². The van der Waals surface area contributed by atoms with Crippen LogP contribution in [-0.2, 0) is 34.2 Å². The van der Waals surface area contributed by atoms with Gasteiger partial charge in [0.15, 0.2) is 0 Å². The van der Waals surface area contributed by atoms with E-state index in [2.05, 4.69) is 17.4 Å². The van der Waals surface area contributed by atoms with Gasteiger partial charge < -0.3 is 5.32 Å². The molecule has 3 aromatic rings. The summed E-state index contributed by atoms with van der Waals surface area (Å²) in [5, 5.41) is 3.01. The number of benzene rings is 3. The maximum Gasteiger partial charge on any atom is 0.228 e. The lowest BCUT2D eigenvalue weighted by Gasteiger charge is -2.28. The Morgan fingerprint density at radius 2 is 1.63 bits per heavy atom. The fourth-order valence-electron chi connectivity index (χ4n) is 3.81. The summed E-state index contributed by atoms with van der Waals surface area (Å²) in [5.41, 5.74) is 5.94. The molecule has 0 fully saturated rings. The van der Waals surface area contributed by atoms with Crippen molar-refractivity contribution in [3.8, 4) is 11.1 Å². The Morgan fingerprint density at radius 3 is 2.33 bits per heavy atom. The van der Waals surface area contributed by atoms with Gasteiger partial charge in [0.2, 0.25) is 15.9 Å². The summed E-state index contributed by atoms with van der Waals surface area (Å²) in [4.78, 5) is 12.6. The zero-order chi connectivity index (χ0) is 21.1. The largest absolute Gasteiger partial charge is 0.326 e. The van der Waals surface area contributed by atoms with Gasteiger partial charge in [-0.2, -0.15) is 4.31 Å². The predicted molar refractivity (Wildman–Crippen MR) is 120 cm³/mol. The molecule has 0 saturated heterocycles. The van der Waals surface area contributed by atoms with Crippen molar-refractivity contribution < 1.29 is 13.2 Å². The van der Waals surface area contributed by atoms with Gasteiger partial charge in [-0.05, 0) is 40.3 Å². The van der Waals surface area contributed by atoms with Crippen molar-refractivity contribution in [1.82, 2.24) is 4.31 Å². The Morgan fingerprint density at radius 1 is 0.933 bits per heavy atom. The number of amides is 1. The van der Waals surface area contributed by atoms with Gasteiger partial charge in [0.05, 0.1) is 12.7 Å². The highest BCUT2D eigenvalue weighted by atomic mass is 32.2. The van der Waals surface area contributed by atoms with Gasteiger partial charge in [-0.15, -0.1) is 0 Å². The molecule has 6 heteroatoms. The summed E-state index contributed by atoms with van der Waals surface area (Å²) in [6.45, 7) is 0.776. The van der Waals surface area contributed by atoms with Crippen molar-refractivity contribution in [3.63, 3.8) is 0 Å². The highest BCUT2D eigenvalue weighted by molar-refractivity contribution is 7.88. The van der Waals surface area contributed by atoms with E-state index in [9.17, 15) is 13.2 Å². The summed E-state index contributed by atoms with van der Waals surface area (Å²) in [6, 6.07) is 23.8. The molecule has 5 nitrogen and oxygen atoms in total. The van der Waals surface area contributed by atoms with E-state index in [1.807, 2.05) is 60.7 Å². The number of hydrogen-bond donors (Lipinski definition) is 1. The van der Waals surface area contributed by atoms with Crippen LogP contribution >= 0.6 is 0 Å². The third-order valence-corrected chi connectivity index (χ3v) is 6.65. The van der Waals surface area contributed by atoms with Crippen LogP contribution < -0.4 is 5.32 Å². The number of anilines is 1. The van der Waals surface area contributed by atoms with Crippen LogP contribution in [0.1, 0.15) is 16.7 Å². The molecule has 1 N–H and O–H groups in total. The summed E-state index contributed by atoms with van der Waals surface area (Å²) in [5.74, 6) is -0.0820. The topological polar surface area (TPSA) is 66.5 Å². The molecule has 3 aromatic carbocycles. The first-order valence-electron chi connectivity index (χ1n) is 9.90. The first-order chi connectivity index (χ1) is 14.4. The standard InChI is InChI=1S/C24H24N2O3S/c1-30(28,29)26-15-14-22-21(17-26)8-5-9-23(22)25-24(27)16-18-10-12-20(13-11-18)19-6-3-2-4-7-19/h2-13H,14-17H2,1H3,(H,25,27). The second-order valence-corrected chi connectivity index (χ2v) is 9.56. The number of carbonyl (C=O) groups excluding carboxylic acids is 1. The maximum absolute atomic E-state index is 12.6. The molecule has 1 aliphatic heterocycles. The van der Waals surface area contributed by atoms with Gasteiger partial charge in [0.1, 0.15) is 0 Å². The normalized spacial score (nSPS) is 14.2. The van der Waals surface area contributed by atoms with Crippen molar-refractivity contribution in [2.24, 2.45) is 0 Å². The summed E-state index contributed by atoms with van der Waals surface area (Å²) < 4.78 is 25.1. The number of sulfonamides is 1.